The van der Waals surface area contributed by atoms with Gasteiger partial charge < -0.3 is 5.11 Å². The Morgan fingerprint density at radius 3 is 2.53 bits per heavy atom. The van der Waals surface area contributed by atoms with Crippen LogP contribution in [0.3, 0.4) is 0 Å². The first kappa shape index (κ1) is 10.9. The van der Waals surface area contributed by atoms with Crippen LogP contribution in [-0.2, 0) is 0 Å². The smallest absolute Gasteiger partial charge is 0.150 e. The zero-order valence-electron chi connectivity index (χ0n) is 8.92. The van der Waals surface area contributed by atoms with Gasteiger partial charge in [0.15, 0.2) is 0 Å². The largest absolute Gasteiger partial charge is 0.507 e. The van der Waals surface area contributed by atoms with E-state index in [0.717, 1.165) is 17.4 Å². The van der Waals surface area contributed by atoms with Crippen LogP contribution in [0.15, 0.2) is 42.5 Å². The fourth-order valence-corrected chi connectivity index (χ4v) is 1.60. The van der Waals surface area contributed by atoms with Crippen LogP contribution in [-0.4, -0.2) is 11.4 Å². The highest BCUT2D eigenvalue weighted by molar-refractivity contribution is 5.79. The van der Waals surface area contributed by atoms with Gasteiger partial charge in [-0.25, -0.2) is 0 Å². The molecule has 2 aromatic carbocycles. The lowest BCUT2D eigenvalue weighted by molar-refractivity contribution is 0.112. The molecule has 3 heteroatoms. The minimum Gasteiger partial charge on any atom is -0.507 e. The second-order valence-corrected chi connectivity index (χ2v) is 3.59. The number of aldehydes is 1. The van der Waals surface area contributed by atoms with Crippen LogP contribution in [0.4, 0.5) is 0 Å². The van der Waals surface area contributed by atoms with E-state index in [-0.39, 0.29) is 11.3 Å². The molecular formula is C14H9NO2. The van der Waals surface area contributed by atoms with Gasteiger partial charge in [-0.15, -0.1) is 0 Å². The Kier molecular flexibility index (Phi) is 2.89. The van der Waals surface area contributed by atoms with Gasteiger partial charge in [-0.1, -0.05) is 24.3 Å². The average Bonchev–Trinajstić information content (AvgIpc) is 2.38. The van der Waals surface area contributed by atoms with Gasteiger partial charge >= 0.3 is 0 Å². The molecule has 2 rings (SSSR count). The molecule has 0 atom stereocenters. The minimum absolute atomic E-state index is 0.0542. The lowest BCUT2D eigenvalue weighted by atomic mass is 10.0. The number of phenolic OH excluding ortho intramolecular Hbond substituents is 1. The Morgan fingerprint density at radius 2 is 1.88 bits per heavy atom. The lowest BCUT2D eigenvalue weighted by Crippen LogP contribution is -1.84. The third-order valence-corrected chi connectivity index (χ3v) is 2.47. The predicted octanol–water partition coefficient (Wildman–Crippen LogP) is 2.74. The predicted molar refractivity (Wildman–Crippen MR) is 63.6 cm³/mol. The highest BCUT2D eigenvalue weighted by atomic mass is 16.3. The van der Waals surface area contributed by atoms with Crippen LogP contribution >= 0.6 is 0 Å². The summed E-state index contributed by atoms with van der Waals surface area (Å²) in [5.74, 6) is -0.0542. The zero-order valence-corrected chi connectivity index (χ0v) is 8.92. The standard InChI is InChI=1S/C14H9NO2/c15-8-13-5-4-12(7-14(13)17)11-3-1-2-10(6-11)9-16/h1-7,9,17H. The quantitative estimate of drug-likeness (QED) is 0.796. The van der Waals surface area contributed by atoms with Gasteiger partial charge in [-0.05, 0) is 29.3 Å². The van der Waals surface area contributed by atoms with Crippen molar-refractivity contribution in [3.63, 3.8) is 0 Å². The Bertz CT molecular complexity index is 612. The summed E-state index contributed by atoms with van der Waals surface area (Å²) in [7, 11) is 0. The molecule has 0 saturated heterocycles. The molecule has 0 aliphatic heterocycles. The summed E-state index contributed by atoms with van der Waals surface area (Å²) in [5.41, 5.74) is 2.41. The van der Waals surface area contributed by atoms with Crippen molar-refractivity contribution in [1.82, 2.24) is 0 Å². The van der Waals surface area contributed by atoms with Crippen molar-refractivity contribution >= 4 is 6.29 Å². The molecule has 0 aliphatic rings. The number of phenols is 1. The first-order valence-electron chi connectivity index (χ1n) is 5.03. The summed E-state index contributed by atoms with van der Waals surface area (Å²) in [6, 6.07) is 13.8. The van der Waals surface area contributed by atoms with Crippen molar-refractivity contribution in [3.8, 4) is 22.9 Å². The van der Waals surface area contributed by atoms with Crippen LogP contribution in [0.2, 0.25) is 0 Å². The number of rotatable bonds is 2. The van der Waals surface area contributed by atoms with Crippen molar-refractivity contribution in [2.45, 2.75) is 0 Å². The molecule has 0 fully saturated rings. The van der Waals surface area contributed by atoms with E-state index in [2.05, 4.69) is 0 Å². The molecule has 0 unspecified atom stereocenters. The maximum absolute atomic E-state index is 10.7. The van der Waals surface area contributed by atoms with Crippen LogP contribution in [0.25, 0.3) is 11.1 Å². The zero-order chi connectivity index (χ0) is 12.3. The van der Waals surface area contributed by atoms with Crippen LogP contribution < -0.4 is 0 Å². The molecule has 0 aliphatic carbocycles. The molecule has 82 valence electrons. The number of carbonyl (C=O) groups is 1. The molecule has 1 N–H and O–H groups in total. The maximum atomic E-state index is 10.7. The van der Waals surface area contributed by atoms with Gasteiger partial charge in [0.2, 0.25) is 0 Å². The monoisotopic (exact) mass is 223 g/mol. The van der Waals surface area contributed by atoms with E-state index >= 15 is 0 Å². The number of hydrogen-bond acceptors (Lipinski definition) is 3. The Balaban J connectivity index is 2.50. The Hall–Kier alpha value is -2.60. The summed E-state index contributed by atoms with van der Waals surface area (Å²) in [4.78, 5) is 10.7. The van der Waals surface area contributed by atoms with E-state index in [1.165, 1.54) is 6.07 Å². The van der Waals surface area contributed by atoms with E-state index in [0.29, 0.717) is 5.56 Å². The van der Waals surface area contributed by atoms with Crippen molar-refractivity contribution in [1.29, 1.82) is 5.26 Å². The van der Waals surface area contributed by atoms with Gasteiger partial charge in [0.25, 0.3) is 0 Å². The van der Waals surface area contributed by atoms with Gasteiger partial charge in [0, 0.05) is 5.56 Å². The number of benzene rings is 2. The van der Waals surface area contributed by atoms with Crippen molar-refractivity contribution in [2.24, 2.45) is 0 Å². The fourth-order valence-electron chi connectivity index (χ4n) is 1.60. The van der Waals surface area contributed by atoms with Gasteiger partial charge in [-0.3, -0.25) is 4.79 Å². The summed E-state index contributed by atoms with van der Waals surface area (Å²) in [6.07, 6.45) is 0.771. The number of carbonyl (C=O) groups excluding carboxylic acids is 1. The highest BCUT2D eigenvalue weighted by Gasteiger charge is 2.04. The molecule has 0 aromatic heterocycles. The summed E-state index contributed by atoms with van der Waals surface area (Å²) in [6.45, 7) is 0. The summed E-state index contributed by atoms with van der Waals surface area (Å²) >= 11 is 0. The molecule has 0 heterocycles. The molecule has 0 radical (unpaired) electrons. The topological polar surface area (TPSA) is 61.1 Å². The molecular weight excluding hydrogens is 214 g/mol. The SMILES string of the molecule is N#Cc1ccc(-c2cccc(C=O)c2)cc1O. The molecule has 2 aromatic rings. The Labute approximate surface area is 98.6 Å². The van der Waals surface area contributed by atoms with Crippen molar-refractivity contribution in [2.75, 3.05) is 0 Å². The summed E-state index contributed by atoms with van der Waals surface area (Å²) in [5, 5.41) is 18.3. The van der Waals surface area contributed by atoms with Crippen LogP contribution in [0, 0.1) is 11.3 Å². The second-order valence-electron chi connectivity index (χ2n) is 3.59. The van der Waals surface area contributed by atoms with Crippen molar-refractivity contribution in [3.05, 3.63) is 53.6 Å². The average molecular weight is 223 g/mol. The fraction of sp³-hybridized carbons (Fsp3) is 0. The number of aromatic hydroxyl groups is 1. The normalized spacial score (nSPS) is 9.59. The molecule has 3 nitrogen and oxygen atoms in total. The third-order valence-electron chi connectivity index (χ3n) is 2.47. The second kappa shape index (κ2) is 4.50. The van der Waals surface area contributed by atoms with E-state index in [1.54, 1.807) is 30.3 Å². The van der Waals surface area contributed by atoms with Crippen LogP contribution in [0.5, 0.6) is 5.75 Å². The van der Waals surface area contributed by atoms with E-state index in [9.17, 15) is 9.90 Å². The highest BCUT2D eigenvalue weighted by Crippen LogP contribution is 2.26. The number of nitriles is 1. The summed E-state index contributed by atoms with van der Waals surface area (Å²) < 4.78 is 0. The molecule has 0 bridgehead atoms. The van der Waals surface area contributed by atoms with E-state index < -0.39 is 0 Å². The maximum Gasteiger partial charge on any atom is 0.150 e. The number of nitrogens with zero attached hydrogens (tertiary/aromatic N) is 1. The minimum atomic E-state index is -0.0542. The van der Waals surface area contributed by atoms with E-state index in [4.69, 9.17) is 5.26 Å². The molecule has 0 spiro atoms. The molecule has 0 amide bonds. The van der Waals surface area contributed by atoms with Gasteiger partial charge in [0.1, 0.15) is 18.1 Å². The third kappa shape index (κ3) is 2.16. The first-order chi connectivity index (χ1) is 8.24. The van der Waals surface area contributed by atoms with Crippen molar-refractivity contribution < 1.29 is 9.90 Å². The van der Waals surface area contributed by atoms with Crippen LogP contribution in [0.1, 0.15) is 15.9 Å². The van der Waals surface area contributed by atoms with Gasteiger partial charge in [0.05, 0.1) is 5.56 Å². The Morgan fingerprint density at radius 1 is 1.12 bits per heavy atom. The van der Waals surface area contributed by atoms with E-state index in [1.807, 2.05) is 12.1 Å². The lowest BCUT2D eigenvalue weighted by Gasteiger charge is -2.04. The first-order valence-corrected chi connectivity index (χ1v) is 5.03. The molecule has 0 saturated carbocycles. The van der Waals surface area contributed by atoms with Gasteiger partial charge in [-0.2, -0.15) is 5.26 Å². The number of hydrogen-bond donors (Lipinski definition) is 1. The molecule has 17 heavy (non-hydrogen) atoms.